The lowest BCUT2D eigenvalue weighted by Gasteiger charge is -2.32. The number of aryl methyl sites for hydroxylation is 1. The Morgan fingerprint density at radius 1 is 1.12 bits per heavy atom. The van der Waals surface area contributed by atoms with E-state index >= 15 is 0 Å². The quantitative estimate of drug-likeness (QED) is 0.832. The minimum atomic E-state index is 0.610. The summed E-state index contributed by atoms with van der Waals surface area (Å²) >= 11 is 0. The topological polar surface area (TPSA) is 24.3 Å². The van der Waals surface area contributed by atoms with Crippen molar-refractivity contribution in [1.29, 1.82) is 0 Å². The van der Waals surface area contributed by atoms with Crippen LogP contribution in [0.1, 0.15) is 44.4 Å². The van der Waals surface area contributed by atoms with Crippen molar-refractivity contribution < 1.29 is 0 Å². The molecule has 4 heteroatoms. The molecule has 134 valence electrons. The normalized spacial score (nSPS) is 26.6. The summed E-state index contributed by atoms with van der Waals surface area (Å²) in [4.78, 5) is 10.1. The lowest BCUT2D eigenvalue weighted by atomic mass is 10.0. The molecule has 25 heavy (non-hydrogen) atoms. The molecule has 0 radical (unpaired) electrons. The van der Waals surface area contributed by atoms with Gasteiger partial charge in [-0.2, -0.15) is 0 Å². The molecule has 3 aliphatic rings. The van der Waals surface area contributed by atoms with Gasteiger partial charge in [0.15, 0.2) is 0 Å². The third-order valence-corrected chi connectivity index (χ3v) is 7.06. The fraction of sp³-hybridized carbons (Fsp3) is 0.667. The van der Waals surface area contributed by atoms with Crippen LogP contribution in [-0.2, 0) is 13.1 Å². The average molecular weight is 338 g/mol. The van der Waals surface area contributed by atoms with Crippen molar-refractivity contribution in [3.05, 3.63) is 23.5 Å². The zero-order valence-corrected chi connectivity index (χ0v) is 15.8. The van der Waals surface area contributed by atoms with Crippen LogP contribution in [0.4, 0.5) is 5.69 Å². The number of aromatic nitrogens is 2. The molecule has 2 fully saturated rings. The summed E-state index contributed by atoms with van der Waals surface area (Å²) in [6.07, 6.45) is 6.44. The van der Waals surface area contributed by atoms with Crippen LogP contribution in [0.2, 0.25) is 0 Å². The Kier molecular flexibility index (Phi) is 3.60. The second kappa shape index (κ2) is 5.73. The molecule has 2 aromatic heterocycles. The molecular weight excluding hydrogens is 308 g/mol. The highest BCUT2D eigenvalue weighted by Gasteiger charge is 2.36. The number of fused-ring (bicyclic) bond motifs is 4. The Bertz CT molecular complexity index is 794. The third-order valence-electron chi connectivity index (χ3n) is 7.06. The molecule has 5 rings (SSSR count). The van der Waals surface area contributed by atoms with Crippen LogP contribution in [0.3, 0.4) is 0 Å². The van der Waals surface area contributed by atoms with Crippen LogP contribution >= 0.6 is 0 Å². The van der Waals surface area contributed by atoms with E-state index in [1.54, 1.807) is 0 Å². The van der Waals surface area contributed by atoms with E-state index in [-0.39, 0.29) is 0 Å². The summed E-state index contributed by atoms with van der Waals surface area (Å²) in [7, 11) is 0. The lowest BCUT2D eigenvalue weighted by Crippen LogP contribution is -2.38. The number of hydrogen-bond donors (Lipinski definition) is 0. The van der Waals surface area contributed by atoms with Crippen molar-refractivity contribution in [3.63, 3.8) is 0 Å². The first-order chi connectivity index (χ1) is 12.1. The maximum Gasteiger partial charge on any atom is 0.140 e. The van der Waals surface area contributed by atoms with E-state index in [1.807, 2.05) is 0 Å². The lowest BCUT2D eigenvalue weighted by molar-refractivity contribution is 0.178. The van der Waals surface area contributed by atoms with Crippen LogP contribution < -0.4 is 4.90 Å². The second-order valence-corrected chi connectivity index (χ2v) is 8.71. The van der Waals surface area contributed by atoms with Gasteiger partial charge >= 0.3 is 0 Å². The van der Waals surface area contributed by atoms with Gasteiger partial charge in [0.05, 0.1) is 11.9 Å². The number of rotatable bonds is 2. The molecule has 2 unspecified atom stereocenters. The van der Waals surface area contributed by atoms with Crippen molar-refractivity contribution in [2.24, 2.45) is 11.8 Å². The van der Waals surface area contributed by atoms with Gasteiger partial charge in [0, 0.05) is 49.8 Å². The molecule has 0 aromatic carbocycles. The van der Waals surface area contributed by atoms with Crippen molar-refractivity contribution in [3.8, 4) is 0 Å². The van der Waals surface area contributed by atoms with Gasteiger partial charge in [-0.25, -0.2) is 4.98 Å². The third kappa shape index (κ3) is 2.41. The van der Waals surface area contributed by atoms with Crippen molar-refractivity contribution >= 4 is 16.7 Å². The number of anilines is 1. The molecule has 0 amide bonds. The van der Waals surface area contributed by atoms with E-state index in [1.165, 1.54) is 60.3 Å². The molecule has 4 heterocycles. The van der Waals surface area contributed by atoms with E-state index in [2.05, 4.69) is 47.4 Å². The Balaban J connectivity index is 1.50. The largest absolute Gasteiger partial charge is 0.370 e. The first-order valence-corrected chi connectivity index (χ1v) is 10.1. The van der Waals surface area contributed by atoms with Crippen LogP contribution in [0.5, 0.6) is 0 Å². The standard InChI is InChI=1S/C21H30N4/c1-14(2)23-7-8-25-20(13-23)15(3)19-9-18(10-22-21(19)25)24-11-16-5-4-6-17(16)12-24/h9-10,14,16-17H,4-8,11-13H2,1-3H3. The predicted octanol–water partition coefficient (Wildman–Crippen LogP) is 3.81. The fourth-order valence-electron chi connectivity index (χ4n) is 5.43. The molecule has 4 nitrogen and oxygen atoms in total. The number of hydrogen-bond acceptors (Lipinski definition) is 3. The maximum atomic E-state index is 4.93. The monoisotopic (exact) mass is 338 g/mol. The van der Waals surface area contributed by atoms with Gasteiger partial charge in [-0.15, -0.1) is 0 Å². The van der Waals surface area contributed by atoms with Crippen LogP contribution in [-0.4, -0.2) is 40.1 Å². The molecular formula is C21H30N4. The molecule has 2 aromatic rings. The summed E-state index contributed by atoms with van der Waals surface area (Å²) in [6, 6.07) is 3.03. The van der Waals surface area contributed by atoms with Crippen molar-refractivity contribution in [2.45, 2.75) is 59.2 Å². The predicted molar refractivity (Wildman–Crippen MR) is 103 cm³/mol. The zero-order chi connectivity index (χ0) is 17.1. The summed E-state index contributed by atoms with van der Waals surface area (Å²) in [5.74, 6) is 1.86. The van der Waals surface area contributed by atoms with Crippen LogP contribution in [0.25, 0.3) is 11.0 Å². The Morgan fingerprint density at radius 3 is 2.60 bits per heavy atom. The van der Waals surface area contributed by atoms with Gasteiger partial charge < -0.3 is 9.47 Å². The van der Waals surface area contributed by atoms with Crippen LogP contribution in [0.15, 0.2) is 12.3 Å². The summed E-state index contributed by atoms with van der Waals surface area (Å²) in [6.45, 7) is 12.6. The van der Waals surface area contributed by atoms with Gasteiger partial charge in [-0.05, 0) is 57.1 Å². The highest BCUT2D eigenvalue weighted by molar-refractivity contribution is 5.85. The van der Waals surface area contributed by atoms with E-state index in [0.29, 0.717) is 6.04 Å². The maximum absolute atomic E-state index is 4.93. The number of pyridine rings is 1. The summed E-state index contributed by atoms with van der Waals surface area (Å²) < 4.78 is 2.46. The molecule has 1 saturated carbocycles. The van der Waals surface area contributed by atoms with Gasteiger partial charge in [0.1, 0.15) is 5.65 Å². The van der Waals surface area contributed by atoms with Crippen molar-refractivity contribution in [1.82, 2.24) is 14.5 Å². The molecule has 0 N–H and O–H groups in total. The van der Waals surface area contributed by atoms with E-state index in [4.69, 9.17) is 4.98 Å². The molecule has 2 atom stereocenters. The van der Waals surface area contributed by atoms with Gasteiger partial charge in [-0.1, -0.05) is 6.42 Å². The van der Waals surface area contributed by atoms with Gasteiger partial charge in [-0.3, -0.25) is 4.90 Å². The number of nitrogens with zero attached hydrogens (tertiary/aromatic N) is 4. The Labute approximate surface area is 150 Å². The molecule has 1 aliphatic carbocycles. The first kappa shape index (κ1) is 15.7. The summed E-state index contributed by atoms with van der Waals surface area (Å²) in [5.41, 5.74) is 5.44. The SMILES string of the molecule is Cc1c2n(c3ncc(N4CC5CCCC5C4)cc13)CCN(C(C)C)C2. The minimum Gasteiger partial charge on any atom is -0.370 e. The fourth-order valence-corrected chi connectivity index (χ4v) is 5.43. The van der Waals surface area contributed by atoms with Crippen LogP contribution in [0, 0.1) is 18.8 Å². The molecule has 0 bridgehead atoms. The highest BCUT2D eigenvalue weighted by Crippen LogP contribution is 2.40. The van der Waals surface area contributed by atoms with Crippen molar-refractivity contribution in [2.75, 3.05) is 24.5 Å². The van der Waals surface area contributed by atoms with E-state index in [0.717, 1.165) is 31.5 Å². The van der Waals surface area contributed by atoms with E-state index in [9.17, 15) is 0 Å². The Morgan fingerprint density at radius 2 is 1.88 bits per heavy atom. The highest BCUT2D eigenvalue weighted by atomic mass is 15.2. The Hall–Kier alpha value is -1.55. The molecule has 1 saturated heterocycles. The zero-order valence-electron chi connectivity index (χ0n) is 15.8. The van der Waals surface area contributed by atoms with E-state index < -0.39 is 0 Å². The molecule has 0 spiro atoms. The average Bonchev–Trinajstić information content (AvgIpc) is 3.28. The van der Waals surface area contributed by atoms with Gasteiger partial charge in [0.25, 0.3) is 0 Å². The molecule has 2 aliphatic heterocycles. The minimum absolute atomic E-state index is 0.610. The first-order valence-electron chi connectivity index (χ1n) is 10.1. The summed E-state index contributed by atoms with van der Waals surface area (Å²) in [5, 5.41) is 1.37. The van der Waals surface area contributed by atoms with Gasteiger partial charge in [0.2, 0.25) is 0 Å². The smallest absolute Gasteiger partial charge is 0.140 e. The second-order valence-electron chi connectivity index (χ2n) is 8.71.